The first-order valence-electron chi connectivity index (χ1n) is 7.83. The number of aryl methyl sites for hydroxylation is 1. The minimum Gasteiger partial charge on any atom is -0.294 e. The van der Waals surface area contributed by atoms with Gasteiger partial charge in [-0.1, -0.05) is 36.4 Å². The van der Waals surface area contributed by atoms with E-state index in [0.717, 1.165) is 24.8 Å². The van der Waals surface area contributed by atoms with E-state index in [-0.39, 0.29) is 0 Å². The van der Waals surface area contributed by atoms with Gasteiger partial charge in [0, 0.05) is 12.0 Å². The van der Waals surface area contributed by atoms with Gasteiger partial charge in [0.05, 0.1) is 0 Å². The third-order valence-electron chi connectivity index (χ3n) is 5.35. The van der Waals surface area contributed by atoms with Crippen LogP contribution in [0.5, 0.6) is 0 Å². The van der Waals surface area contributed by atoms with Crippen molar-refractivity contribution in [2.45, 2.75) is 31.6 Å². The van der Waals surface area contributed by atoms with Gasteiger partial charge in [-0.05, 0) is 63.9 Å². The Morgan fingerprint density at radius 2 is 1.76 bits per heavy atom. The number of rotatable bonds is 0. The second kappa shape index (κ2) is 3.94. The Kier molecular flexibility index (Phi) is 2.16. The van der Waals surface area contributed by atoms with E-state index in [1.165, 1.54) is 39.1 Å². The number of ketones is 1. The molecular formula is C20H16O. The second-order valence-electron chi connectivity index (χ2n) is 6.40. The first-order valence-corrected chi connectivity index (χ1v) is 7.83. The van der Waals surface area contributed by atoms with Gasteiger partial charge in [0.2, 0.25) is 0 Å². The van der Waals surface area contributed by atoms with Crippen LogP contribution in [0.25, 0.3) is 21.5 Å². The van der Waals surface area contributed by atoms with E-state index in [1.54, 1.807) is 0 Å². The molecule has 1 unspecified atom stereocenters. The highest BCUT2D eigenvalue weighted by atomic mass is 16.1. The summed E-state index contributed by atoms with van der Waals surface area (Å²) < 4.78 is 0. The summed E-state index contributed by atoms with van der Waals surface area (Å²) in [5.41, 5.74) is 3.82. The molecule has 2 aliphatic rings. The molecule has 0 radical (unpaired) electrons. The van der Waals surface area contributed by atoms with Crippen LogP contribution in [0.2, 0.25) is 0 Å². The minimum atomic E-state index is 0.337. The fourth-order valence-corrected chi connectivity index (χ4v) is 4.41. The molecule has 2 aliphatic carbocycles. The van der Waals surface area contributed by atoms with Crippen molar-refractivity contribution in [1.29, 1.82) is 0 Å². The maximum atomic E-state index is 12.3. The lowest BCUT2D eigenvalue weighted by Gasteiger charge is -2.32. The molecule has 1 nitrogen and oxygen atoms in total. The van der Waals surface area contributed by atoms with Crippen molar-refractivity contribution >= 4 is 27.3 Å². The van der Waals surface area contributed by atoms with E-state index < -0.39 is 0 Å². The van der Waals surface area contributed by atoms with Gasteiger partial charge in [-0.2, -0.15) is 0 Å². The number of Topliss-reactive ketones (excluding diaryl/α,β-unsaturated/α-hetero) is 1. The molecular weight excluding hydrogens is 256 g/mol. The Labute approximate surface area is 123 Å². The molecule has 1 atom stereocenters. The van der Waals surface area contributed by atoms with Crippen molar-refractivity contribution in [3.05, 3.63) is 59.2 Å². The van der Waals surface area contributed by atoms with Crippen LogP contribution in [0.15, 0.2) is 42.5 Å². The van der Waals surface area contributed by atoms with Gasteiger partial charge in [0.15, 0.2) is 5.78 Å². The fraction of sp³-hybridized carbons (Fsp3) is 0.250. The number of fused-ring (bicyclic) bond motifs is 2. The number of hydrogen-bond acceptors (Lipinski definition) is 1. The lowest BCUT2D eigenvalue weighted by Crippen LogP contribution is -2.20. The SMILES string of the molecule is O=C1CCC2CCc3c4ccccc4cc4ccc1c2c34. The largest absolute Gasteiger partial charge is 0.294 e. The van der Waals surface area contributed by atoms with E-state index in [0.29, 0.717) is 11.7 Å². The fourth-order valence-electron chi connectivity index (χ4n) is 4.41. The number of carbonyl (C=O) groups excluding carboxylic acids is 1. The van der Waals surface area contributed by atoms with Gasteiger partial charge in [-0.25, -0.2) is 0 Å². The summed E-state index contributed by atoms with van der Waals surface area (Å²) in [5, 5.41) is 5.38. The van der Waals surface area contributed by atoms with Crippen molar-refractivity contribution in [2.75, 3.05) is 0 Å². The third-order valence-corrected chi connectivity index (χ3v) is 5.35. The van der Waals surface area contributed by atoms with Crippen molar-refractivity contribution in [2.24, 2.45) is 0 Å². The Balaban J connectivity index is 2.02. The van der Waals surface area contributed by atoms with E-state index in [1.807, 2.05) is 0 Å². The van der Waals surface area contributed by atoms with Crippen molar-refractivity contribution in [3.8, 4) is 0 Å². The van der Waals surface area contributed by atoms with Gasteiger partial charge in [0.25, 0.3) is 0 Å². The van der Waals surface area contributed by atoms with E-state index >= 15 is 0 Å². The molecule has 5 rings (SSSR count). The van der Waals surface area contributed by atoms with Crippen molar-refractivity contribution in [1.82, 2.24) is 0 Å². The summed E-state index contributed by atoms with van der Waals surface area (Å²) >= 11 is 0. The summed E-state index contributed by atoms with van der Waals surface area (Å²) in [6, 6.07) is 15.2. The van der Waals surface area contributed by atoms with Gasteiger partial charge in [0.1, 0.15) is 0 Å². The molecule has 0 aliphatic heterocycles. The molecule has 0 fully saturated rings. The zero-order chi connectivity index (χ0) is 14.0. The molecule has 0 amide bonds. The zero-order valence-corrected chi connectivity index (χ0v) is 11.9. The smallest absolute Gasteiger partial charge is 0.163 e. The molecule has 0 N–H and O–H groups in total. The van der Waals surface area contributed by atoms with Crippen molar-refractivity contribution < 1.29 is 4.79 Å². The number of carbonyl (C=O) groups is 1. The predicted molar refractivity (Wildman–Crippen MR) is 86.1 cm³/mol. The molecule has 0 bridgehead atoms. The Bertz CT molecular complexity index is 920. The second-order valence-corrected chi connectivity index (χ2v) is 6.40. The highest BCUT2D eigenvalue weighted by Crippen LogP contribution is 2.46. The number of hydrogen-bond donors (Lipinski definition) is 0. The number of benzene rings is 3. The topological polar surface area (TPSA) is 17.1 Å². The van der Waals surface area contributed by atoms with E-state index in [2.05, 4.69) is 42.5 Å². The quantitative estimate of drug-likeness (QED) is 0.526. The molecule has 3 aromatic carbocycles. The van der Waals surface area contributed by atoms with Crippen molar-refractivity contribution in [3.63, 3.8) is 0 Å². The maximum absolute atomic E-state index is 12.3. The highest BCUT2D eigenvalue weighted by molar-refractivity contribution is 6.10. The summed E-state index contributed by atoms with van der Waals surface area (Å²) in [6.45, 7) is 0. The van der Waals surface area contributed by atoms with Gasteiger partial charge >= 0.3 is 0 Å². The Morgan fingerprint density at radius 1 is 0.905 bits per heavy atom. The predicted octanol–water partition coefficient (Wildman–Crippen LogP) is 5.00. The average Bonchev–Trinajstić information content (AvgIpc) is 2.53. The van der Waals surface area contributed by atoms with Gasteiger partial charge in [-0.3, -0.25) is 4.79 Å². The third kappa shape index (κ3) is 1.44. The lowest BCUT2D eigenvalue weighted by molar-refractivity contribution is 0.0966. The highest BCUT2D eigenvalue weighted by Gasteiger charge is 2.31. The van der Waals surface area contributed by atoms with Crippen LogP contribution in [0, 0.1) is 0 Å². The zero-order valence-electron chi connectivity index (χ0n) is 11.9. The maximum Gasteiger partial charge on any atom is 0.163 e. The summed E-state index contributed by atoms with van der Waals surface area (Å²) in [5.74, 6) is 0.930. The van der Waals surface area contributed by atoms with E-state index in [4.69, 9.17) is 0 Å². The van der Waals surface area contributed by atoms with Crippen LogP contribution in [0.4, 0.5) is 0 Å². The summed E-state index contributed by atoms with van der Waals surface area (Å²) in [7, 11) is 0. The molecule has 21 heavy (non-hydrogen) atoms. The molecule has 0 spiro atoms. The standard InChI is InChI=1S/C20H16O/c21-18-10-7-12-5-8-16-15-4-2-1-3-13(15)11-14-6-9-17(18)19(12)20(14)16/h1-4,6,9,11-12H,5,7-8,10H2. The molecule has 1 heteroatoms. The lowest BCUT2D eigenvalue weighted by atomic mass is 9.71. The van der Waals surface area contributed by atoms with Crippen LogP contribution >= 0.6 is 0 Å². The molecule has 0 heterocycles. The summed E-state index contributed by atoms with van der Waals surface area (Å²) in [6.07, 6.45) is 4.11. The van der Waals surface area contributed by atoms with Crippen LogP contribution in [-0.2, 0) is 6.42 Å². The van der Waals surface area contributed by atoms with Crippen LogP contribution in [0.1, 0.15) is 46.7 Å². The first kappa shape index (κ1) is 11.5. The van der Waals surface area contributed by atoms with Crippen LogP contribution < -0.4 is 0 Å². The Morgan fingerprint density at radius 3 is 2.71 bits per heavy atom. The molecule has 0 saturated carbocycles. The van der Waals surface area contributed by atoms with Crippen LogP contribution in [0.3, 0.4) is 0 Å². The minimum absolute atomic E-state index is 0.337. The average molecular weight is 272 g/mol. The molecule has 102 valence electrons. The monoisotopic (exact) mass is 272 g/mol. The van der Waals surface area contributed by atoms with Gasteiger partial charge in [-0.15, -0.1) is 0 Å². The normalized spacial score (nSPS) is 20.2. The molecule has 0 aromatic heterocycles. The first-order chi connectivity index (χ1) is 10.3. The Hall–Kier alpha value is -2.15. The van der Waals surface area contributed by atoms with Crippen LogP contribution in [-0.4, -0.2) is 5.78 Å². The molecule has 3 aromatic rings. The van der Waals surface area contributed by atoms with Gasteiger partial charge < -0.3 is 0 Å². The summed E-state index contributed by atoms with van der Waals surface area (Å²) in [4.78, 5) is 12.3. The molecule has 0 saturated heterocycles. The van der Waals surface area contributed by atoms with E-state index in [9.17, 15) is 4.79 Å².